The molecule has 0 aliphatic heterocycles. The number of para-hydroxylation sites is 1. The molecule has 0 saturated carbocycles. The Morgan fingerprint density at radius 3 is 2.55 bits per heavy atom. The molecule has 0 aromatic heterocycles. The van der Waals surface area contributed by atoms with Crippen LogP contribution in [0.3, 0.4) is 0 Å². The van der Waals surface area contributed by atoms with Crippen molar-refractivity contribution in [3.63, 3.8) is 0 Å². The molecule has 1 atom stereocenters. The molecule has 0 saturated heterocycles. The first-order valence-electron chi connectivity index (χ1n) is 6.90. The van der Waals surface area contributed by atoms with Gasteiger partial charge in [-0.1, -0.05) is 25.1 Å². The van der Waals surface area contributed by atoms with Crippen LogP contribution in [0.25, 0.3) is 0 Å². The van der Waals surface area contributed by atoms with E-state index < -0.39 is 9.84 Å². The largest absolute Gasteiger partial charge is 0.496 e. The number of methoxy groups -OCH3 is 1. The number of ether oxygens (including phenoxy) is 1. The van der Waals surface area contributed by atoms with Crippen LogP contribution in [0, 0.1) is 5.92 Å². The molecule has 0 radical (unpaired) electrons. The molecule has 0 N–H and O–H groups in total. The summed E-state index contributed by atoms with van der Waals surface area (Å²) in [5, 5.41) is 0. The van der Waals surface area contributed by atoms with Gasteiger partial charge in [-0.3, -0.25) is 0 Å². The zero-order chi connectivity index (χ0) is 15.0. The van der Waals surface area contributed by atoms with Gasteiger partial charge < -0.3 is 4.74 Å². The lowest BCUT2D eigenvalue weighted by molar-refractivity contribution is 0.405. The summed E-state index contributed by atoms with van der Waals surface area (Å²) in [4.78, 5) is 0. The van der Waals surface area contributed by atoms with Gasteiger partial charge in [0.1, 0.15) is 15.6 Å². The van der Waals surface area contributed by atoms with Gasteiger partial charge >= 0.3 is 0 Å². The smallest absolute Gasteiger partial charge is 0.150 e. The Hall–Kier alpha value is -0.740. The van der Waals surface area contributed by atoms with E-state index in [0.29, 0.717) is 18.7 Å². The summed E-state index contributed by atoms with van der Waals surface area (Å²) in [5.41, 5.74) is 1.08. The molecule has 0 fully saturated rings. The van der Waals surface area contributed by atoms with Crippen molar-refractivity contribution in [2.24, 2.45) is 5.92 Å². The normalized spacial score (nSPS) is 13.2. The average Bonchev–Trinajstić information content (AvgIpc) is 2.43. The minimum absolute atomic E-state index is 0.152. The van der Waals surface area contributed by atoms with E-state index >= 15 is 0 Å². The summed E-state index contributed by atoms with van der Waals surface area (Å²) in [6.07, 6.45) is 2.01. The number of sulfone groups is 1. The van der Waals surface area contributed by atoms with Crippen molar-refractivity contribution in [1.82, 2.24) is 0 Å². The highest BCUT2D eigenvalue weighted by Crippen LogP contribution is 2.23. The number of alkyl halides is 1. The van der Waals surface area contributed by atoms with Crippen molar-refractivity contribution in [1.29, 1.82) is 0 Å². The maximum absolute atomic E-state index is 11.8. The van der Waals surface area contributed by atoms with Crippen molar-refractivity contribution in [2.75, 3.05) is 24.5 Å². The number of benzene rings is 1. The van der Waals surface area contributed by atoms with E-state index in [0.717, 1.165) is 17.7 Å². The highest BCUT2D eigenvalue weighted by atomic mass is 35.5. The second kappa shape index (κ2) is 8.53. The molecule has 114 valence electrons. The molecule has 1 unspecified atom stereocenters. The summed E-state index contributed by atoms with van der Waals surface area (Å²) in [5.74, 6) is 1.92. The van der Waals surface area contributed by atoms with Crippen LogP contribution in [0.4, 0.5) is 0 Å². The van der Waals surface area contributed by atoms with Crippen molar-refractivity contribution >= 4 is 21.4 Å². The minimum atomic E-state index is -2.93. The Balaban J connectivity index is 2.64. The van der Waals surface area contributed by atoms with Crippen LogP contribution in [0.1, 0.15) is 25.3 Å². The van der Waals surface area contributed by atoms with Crippen LogP contribution < -0.4 is 4.74 Å². The molecule has 0 spiro atoms. The summed E-state index contributed by atoms with van der Waals surface area (Å²) in [6.45, 7) is 1.88. The fraction of sp³-hybridized carbons (Fsp3) is 0.600. The van der Waals surface area contributed by atoms with Gasteiger partial charge in [-0.25, -0.2) is 8.42 Å². The highest BCUT2D eigenvalue weighted by molar-refractivity contribution is 7.91. The van der Waals surface area contributed by atoms with Crippen LogP contribution in [0.5, 0.6) is 5.75 Å². The molecule has 5 heteroatoms. The Bertz CT molecular complexity index is 500. The Kier molecular flexibility index (Phi) is 7.38. The molecule has 1 aromatic rings. The molecular weight excluding hydrogens is 296 g/mol. The molecule has 1 rings (SSSR count). The maximum Gasteiger partial charge on any atom is 0.150 e. The summed E-state index contributed by atoms with van der Waals surface area (Å²) in [7, 11) is -1.30. The Morgan fingerprint density at radius 1 is 1.25 bits per heavy atom. The molecule has 0 bridgehead atoms. The molecule has 1 aromatic carbocycles. The van der Waals surface area contributed by atoms with E-state index in [9.17, 15) is 8.42 Å². The standard InChI is InChI=1S/C15H23ClO3S/c1-3-9-20(17,18)10-8-13(12-16)11-14-6-4-5-7-15(14)19-2/h4-7,13H,3,8-12H2,1-2H3. The highest BCUT2D eigenvalue weighted by Gasteiger charge is 2.16. The second-order valence-electron chi connectivity index (χ2n) is 4.98. The van der Waals surface area contributed by atoms with Crippen molar-refractivity contribution < 1.29 is 13.2 Å². The molecule has 3 nitrogen and oxygen atoms in total. The average molecular weight is 319 g/mol. The lowest BCUT2D eigenvalue weighted by Crippen LogP contribution is -2.16. The number of hydrogen-bond donors (Lipinski definition) is 0. The van der Waals surface area contributed by atoms with Gasteiger partial charge in [-0.15, -0.1) is 11.6 Å². The second-order valence-corrected chi connectivity index (χ2v) is 7.59. The molecular formula is C15H23ClO3S. The SMILES string of the molecule is CCCS(=O)(=O)CCC(CCl)Cc1ccccc1OC. The van der Waals surface area contributed by atoms with E-state index in [-0.39, 0.29) is 17.4 Å². The molecule has 0 aliphatic rings. The summed E-state index contributed by atoms with van der Waals surface area (Å²) in [6, 6.07) is 7.79. The summed E-state index contributed by atoms with van der Waals surface area (Å²) < 4.78 is 28.8. The van der Waals surface area contributed by atoms with Gasteiger partial charge in [0, 0.05) is 11.6 Å². The number of hydrogen-bond acceptors (Lipinski definition) is 3. The van der Waals surface area contributed by atoms with Gasteiger partial charge in [0.2, 0.25) is 0 Å². The van der Waals surface area contributed by atoms with Crippen molar-refractivity contribution in [3.05, 3.63) is 29.8 Å². The Labute approximate surface area is 127 Å². The number of rotatable bonds is 9. The molecule has 0 heterocycles. The fourth-order valence-corrected chi connectivity index (χ4v) is 3.96. The van der Waals surface area contributed by atoms with Crippen LogP contribution in [-0.4, -0.2) is 32.9 Å². The zero-order valence-corrected chi connectivity index (χ0v) is 13.7. The molecule has 0 amide bonds. The van der Waals surface area contributed by atoms with Gasteiger partial charge in [-0.2, -0.15) is 0 Å². The van der Waals surface area contributed by atoms with Crippen LogP contribution in [-0.2, 0) is 16.3 Å². The van der Waals surface area contributed by atoms with E-state index in [1.54, 1.807) is 7.11 Å². The van der Waals surface area contributed by atoms with Crippen LogP contribution >= 0.6 is 11.6 Å². The summed E-state index contributed by atoms with van der Waals surface area (Å²) >= 11 is 5.98. The first-order chi connectivity index (χ1) is 9.52. The predicted molar refractivity (Wildman–Crippen MR) is 84.5 cm³/mol. The molecule has 0 aliphatic carbocycles. The van der Waals surface area contributed by atoms with Crippen molar-refractivity contribution in [2.45, 2.75) is 26.2 Å². The van der Waals surface area contributed by atoms with Crippen molar-refractivity contribution in [3.8, 4) is 5.75 Å². The predicted octanol–water partition coefficient (Wildman–Crippen LogP) is 3.31. The Morgan fingerprint density at radius 2 is 1.95 bits per heavy atom. The van der Waals surface area contributed by atoms with Gasteiger partial charge in [0.15, 0.2) is 0 Å². The van der Waals surface area contributed by atoms with E-state index in [1.807, 2.05) is 31.2 Å². The first kappa shape index (κ1) is 17.3. The first-order valence-corrected chi connectivity index (χ1v) is 9.26. The lowest BCUT2D eigenvalue weighted by Gasteiger charge is -2.16. The van der Waals surface area contributed by atoms with Gasteiger partial charge in [0.05, 0.1) is 12.9 Å². The third kappa shape index (κ3) is 5.71. The topological polar surface area (TPSA) is 43.4 Å². The van der Waals surface area contributed by atoms with E-state index in [2.05, 4.69) is 0 Å². The van der Waals surface area contributed by atoms with E-state index in [1.165, 1.54) is 0 Å². The zero-order valence-electron chi connectivity index (χ0n) is 12.1. The molecule has 20 heavy (non-hydrogen) atoms. The quantitative estimate of drug-likeness (QED) is 0.656. The maximum atomic E-state index is 11.8. The van der Waals surface area contributed by atoms with Gasteiger partial charge in [0.25, 0.3) is 0 Å². The van der Waals surface area contributed by atoms with E-state index in [4.69, 9.17) is 16.3 Å². The number of halogens is 1. The fourth-order valence-electron chi connectivity index (χ4n) is 2.18. The lowest BCUT2D eigenvalue weighted by atomic mass is 9.98. The van der Waals surface area contributed by atoms with Crippen LogP contribution in [0.15, 0.2) is 24.3 Å². The minimum Gasteiger partial charge on any atom is -0.496 e. The monoisotopic (exact) mass is 318 g/mol. The third-order valence-electron chi connectivity index (χ3n) is 3.27. The van der Waals surface area contributed by atoms with Gasteiger partial charge in [-0.05, 0) is 36.8 Å². The van der Waals surface area contributed by atoms with Crippen LogP contribution in [0.2, 0.25) is 0 Å². The third-order valence-corrected chi connectivity index (χ3v) is 5.60.